The average molecular weight is 360 g/mol. The van der Waals surface area contributed by atoms with Crippen molar-refractivity contribution < 1.29 is 18.0 Å². The standard InChI is InChI=1S/C18H20N2O4S/c1-13-8-9-15(17(21)19-10-11-25(2,23)24)12-16(13)20-18(22)14-6-4-3-5-7-14/h3-9,12H,10-11H2,1-2H3,(H,19,21)(H,20,22). The largest absolute Gasteiger partial charge is 0.351 e. The SMILES string of the molecule is Cc1ccc(C(=O)NCCS(C)(=O)=O)cc1NC(=O)c1ccccc1. The second kappa shape index (κ2) is 7.94. The predicted octanol–water partition coefficient (Wildman–Crippen LogP) is 2.02. The van der Waals surface area contributed by atoms with Crippen molar-refractivity contribution >= 4 is 27.3 Å². The van der Waals surface area contributed by atoms with Gasteiger partial charge in [0.05, 0.1) is 5.75 Å². The summed E-state index contributed by atoms with van der Waals surface area (Å²) in [4.78, 5) is 24.4. The van der Waals surface area contributed by atoms with Gasteiger partial charge in [0, 0.05) is 29.6 Å². The van der Waals surface area contributed by atoms with Gasteiger partial charge in [0.1, 0.15) is 9.84 Å². The molecule has 25 heavy (non-hydrogen) atoms. The Morgan fingerprint density at radius 3 is 2.28 bits per heavy atom. The van der Waals surface area contributed by atoms with Crippen LogP contribution in [0.3, 0.4) is 0 Å². The zero-order valence-electron chi connectivity index (χ0n) is 14.1. The van der Waals surface area contributed by atoms with E-state index in [0.717, 1.165) is 11.8 Å². The van der Waals surface area contributed by atoms with Crippen molar-refractivity contribution in [2.75, 3.05) is 23.9 Å². The van der Waals surface area contributed by atoms with Crippen molar-refractivity contribution in [1.29, 1.82) is 0 Å². The molecule has 0 aliphatic heterocycles. The molecule has 132 valence electrons. The van der Waals surface area contributed by atoms with Crippen LogP contribution in [0.1, 0.15) is 26.3 Å². The number of carbonyl (C=O) groups is 2. The van der Waals surface area contributed by atoms with Gasteiger partial charge in [0.15, 0.2) is 0 Å². The number of aryl methyl sites for hydroxylation is 1. The summed E-state index contributed by atoms with van der Waals surface area (Å²) in [5, 5.41) is 5.34. The molecule has 0 aliphatic carbocycles. The maximum Gasteiger partial charge on any atom is 0.255 e. The van der Waals surface area contributed by atoms with Crippen LogP contribution in [0.2, 0.25) is 0 Å². The smallest absolute Gasteiger partial charge is 0.255 e. The predicted molar refractivity (Wildman–Crippen MR) is 97.6 cm³/mol. The Morgan fingerprint density at radius 1 is 0.960 bits per heavy atom. The van der Waals surface area contributed by atoms with Crippen LogP contribution in [0.25, 0.3) is 0 Å². The van der Waals surface area contributed by atoms with Gasteiger partial charge < -0.3 is 10.6 Å². The van der Waals surface area contributed by atoms with E-state index in [9.17, 15) is 18.0 Å². The van der Waals surface area contributed by atoms with Gasteiger partial charge in [-0.2, -0.15) is 0 Å². The van der Waals surface area contributed by atoms with E-state index in [2.05, 4.69) is 10.6 Å². The second-order valence-electron chi connectivity index (χ2n) is 5.74. The average Bonchev–Trinajstić information content (AvgIpc) is 2.56. The van der Waals surface area contributed by atoms with E-state index in [-0.39, 0.29) is 24.1 Å². The van der Waals surface area contributed by atoms with E-state index in [4.69, 9.17) is 0 Å². The molecular formula is C18H20N2O4S. The Balaban J connectivity index is 2.09. The molecule has 2 rings (SSSR count). The van der Waals surface area contributed by atoms with Crippen LogP contribution in [0, 0.1) is 6.92 Å². The van der Waals surface area contributed by atoms with E-state index < -0.39 is 9.84 Å². The molecule has 2 N–H and O–H groups in total. The van der Waals surface area contributed by atoms with E-state index in [0.29, 0.717) is 16.8 Å². The van der Waals surface area contributed by atoms with Crippen molar-refractivity contribution in [1.82, 2.24) is 5.32 Å². The minimum Gasteiger partial charge on any atom is -0.351 e. The molecule has 0 spiro atoms. The fraction of sp³-hybridized carbons (Fsp3) is 0.222. The summed E-state index contributed by atoms with van der Waals surface area (Å²) in [6.07, 6.45) is 1.11. The van der Waals surface area contributed by atoms with E-state index in [1.807, 2.05) is 13.0 Å². The fourth-order valence-corrected chi connectivity index (χ4v) is 2.61. The molecule has 0 saturated carbocycles. The first-order valence-corrected chi connectivity index (χ1v) is 9.75. The number of amides is 2. The van der Waals surface area contributed by atoms with Crippen LogP contribution in [0.5, 0.6) is 0 Å². The molecule has 0 bridgehead atoms. The lowest BCUT2D eigenvalue weighted by Crippen LogP contribution is -2.28. The lowest BCUT2D eigenvalue weighted by molar-refractivity contribution is 0.0954. The van der Waals surface area contributed by atoms with Gasteiger partial charge in [-0.15, -0.1) is 0 Å². The fourth-order valence-electron chi connectivity index (χ4n) is 2.13. The zero-order chi connectivity index (χ0) is 18.4. The van der Waals surface area contributed by atoms with Gasteiger partial charge in [0.2, 0.25) is 0 Å². The number of carbonyl (C=O) groups excluding carboxylic acids is 2. The minimum absolute atomic E-state index is 0.0389. The molecule has 0 aliphatic rings. The highest BCUT2D eigenvalue weighted by Crippen LogP contribution is 2.18. The summed E-state index contributed by atoms with van der Waals surface area (Å²) in [6.45, 7) is 1.86. The number of anilines is 1. The number of sulfone groups is 1. The maximum absolute atomic E-state index is 12.3. The molecule has 2 aromatic rings. The third-order valence-corrected chi connectivity index (χ3v) is 4.49. The molecule has 7 heteroatoms. The van der Waals surface area contributed by atoms with E-state index in [1.54, 1.807) is 42.5 Å². The lowest BCUT2D eigenvalue weighted by Gasteiger charge is -2.11. The van der Waals surface area contributed by atoms with Crippen molar-refractivity contribution in [2.45, 2.75) is 6.92 Å². The van der Waals surface area contributed by atoms with Crippen molar-refractivity contribution in [3.05, 3.63) is 65.2 Å². The number of benzene rings is 2. The van der Waals surface area contributed by atoms with Gasteiger partial charge in [-0.25, -0.2) is 8.42 Å². The molecule has 2 aromatic carbocycles. The summed E-state index contributed by atoms with van der Waals surface area (Å²) < 4.78 is 22.2. The molecular weight excluding hydrogens is 340 g/mol. The Labute approximate surface area is 147 Å². The first-order chi connectivity index (χ1) is 11.8. The highest BCUT2D eigenvalue weighted by atomic mass is 32.2. The zero-order valence-corrected chi connectivity index (χ0v) is 14.9. The van der Waals surface area contributed by atoms with Crippen LogP contribution in [0.15, 0.2) is 48.5 Å². The van der Waals surface area contributed by atoms with Crippen molar-refractivity contribution in [3.63, 3.8) is 0 Å². The van der Waals surface area contributed by atoms with Crippen molar-refractivity contribution in [2.24, 2.45) is 0 Å². The van der Waals surface area contributed by atoms with E-state index in [1.165, 1.54) is 0 Å². The summed E-state index contributed by atoms with van der Waals surface area (Å²) in [5.41, 5.74) is 2.22. The molecule has 2 amide bonds. The normalized spacial score (nSPS) is 11.0. The molecule has 0 saturated heterocycles. The van der Waals surface area contributed by atoms with Crippen LogP contribution in [0.4, 0.5) is 5.69 Å². The summed E-state index contributed by atoms with van der Waals surface area (Å²) >= 11 is 0. The number of hydrogen-bond acceptors (Lipinski definition) is 4. The van der Waals surface area contributed by atoms with Crippen LogP contribution in [-0.4, -0.2) is 38.8 Å². The number of hydrogen-bond donors (Lipinski definition) is 2. The Kier molecular flexibility index (Phi) is 5.93. The van der Waals surface area contributed by atoms with Crippen LogP contribution in [-0.2, 0) is 9.84 Å². The second-order valence-corrected chi connectivity index (χ2v) is 8.00. The Bertz CT molecular complexity index is 877. The van der Waals surface area contributed by atoms with Crippen molar-refractivity contribution in [3.8, 4) is 0 Å². The summed E-state index contributed by atoms with van der Waals surface area (Å²) in [7, 11) is -3.14. The number of nitrogens with one attached hydrogen (secondary N) is 2. The summed E-state index contributed by atoms with van der Waals surface area (Å²) in [5.74, 6) is -0.778. The Morgan fingerprint density at radius 2 is 1.64 bits per heavy atom. The molecule has 0 heterocycles. The topological polar surface area (TPSA) is 92.3 Å². The van der Waals surface area contributed by atoms with Gasteiger partial charge in [-0.1, -0.05) is 24.3 Å². The van der Waals surface area contributed by atoms with Crippen LogP contribution < -0.4 is 10.6 Å². The number of rotatable bonds is 6. The molecule has 0 aromatic heterocycles. The quantitative estimate of drug-likeness (QED) is 0.824. The van der Waals surface area contributed by atoms with Gasteiger partial charge in [-0.3, -0.25) is 9.59 Å². The maximum atomic E-state index is 12.3. The lowest BCUT2D eigenvalue weighted by atomic mass is 10.1. The Hall–Kier alpha value is -2.67. The highest BCUT2D eigenvalue weighted by Gasteiger charge is 2.12. The third kappa shape index (κ3) is 5.72. The van der Waals surface area contributed by atoms with Gasteiger partial charge in [-0.05, 0) is 36.8 Å². The van der Waals surface area contributed by atoms with Gasteiger partial charge in [0.25, 0.3) is 11.8 Å². The third-order valence-electron chi connectivity index (χ3n) is 3.54. The van der Waals surface area contributed by atoms with Gasteiger partial charge >= 0.3 is 0 Å². The molecule has 0 atom stereocenters. The summed E-state index contributed by atoms with van der Waals surface area (Å²) in [6, 6.07) is 13.7. The first-order valence-electron chi connectivity index (χ1n) is 7.69. The molecule has 0 fully saturated rings. The minimum atomic E-state index is -3.14. The van der Waals surface area contributed by atoms with E-state index >= 15 is 0 Å². The first kappa shape index (κ1) is 18.7. The molecule has 0 unspecified atom stereocenters. The molecule has 0 radical (unpaired) electrons. The van der Waals surface area contributed by atoms with Crippen LogP contribution >= 0.6 is 0 Å². The monoisotopic (exact) mass is 360 g/mol. The molecule has 6 nitrogen and oxygen atoms in total. The highest BCUT2D eigenvalue weighted by molar-refractivity contribution is 7.90.